The van der Waals surface area contributed by atoms with Crippen LogP contribution in [-0.4, -0.2) is 9.97 Å². The van der Waals surface area contributed by atoms with Gasteiger partial charge in [-0.15, -0.1) is 0 Å². The third-order valence-corrected chi connectivity index (χ3v) is 2.30. The molecule has 3 N–H and O–H groups in total. The zero-order valence-electron chi connectivity index (χ0n) is 7.62. The van der Waals surface area contributed by atoms with Gasteiger partial charge in [0.15, 0.2) is 0 Å². The molecule has 1 atom stereocenters. The maximum atomic E-state index is 5.94. The van der Waals surface area contributed by atoms with E-state index in [0.717, 1.165) is 23.0 Å². The number of aromatic amines is 1. The predicted octanol–water partition coefficient (Wildman–Crippen LogP) is 1.97. The number of nitrogens with two attached hydrogens (primary N) is 1. The first kappa shape index (κ1) is 8.26. The molecule has 0 radical (unpaired) electrons. The van der Waals surface area contributed by atoms with Gasteiger partial charge >= 0.3 is 0 Å². The Morgan fingerprint density at radius 1 is 1.54 bits per heavy atom. The van der Waals surface area contributed by atoms with Crippen LogP contribution in [0.2, 0.25) is 0 Å². The SMILES string of the molecule is CCC(N)c1nccc2[nH]ccc12. The number of hydrogen-bond acceptors (Lipinski definition) is 2. The summed E-state index contributed by atoms with van der Waals surface area (Å²) in [7, 11) is 0. The van der Waals surface area contributed by atoms with Gasteiger partial charge in [-0.05, 0) is 18.6 Å². The van der Waals surface area contributed by atoms with E-state index < -0.39 is 0 Å². The number of hydrogen-bond donors (Lipinski definition) is 2. The van der Waals surface area contributed by atoms with Crippen LogP contribution in [0.3, 0.4) is 0 Å². The lowest BCUT2D eigenvalue weighted by Gasteiger charge is -2.08. The first-order chi connectivity index (χ1) is 6.33. The topological polar surface area (TPSA) is 54.7 Å². The van der Waals surface area contributed by atoms with Gasteiger partial charge < -0.3 is 10.7 Å². The molecule has 0 bridgehead atoms. The molecule has 0 amide bonds. The average molecular weight is 175 g/mol. The van der Waals surface area contributed by atoms with Crippen molar-refractivity contribution in [1.29, 1.82) is 0 Å². The molecule has 2 heterocycles. The number of nitrogens with zero attached hydrogens (tertiary/aromatic N) is 1. The molecule has 1 unspecified atom stereocenters. The summed E-state index contributed by atoms with van der Waals surface area (Å²) >= 11 is 0. The molecule has 0 aliphatic heterocycles. The number of aromatic nitrogens is 2. The fourth-order valence-corrected chi connectivity index (χ4v) is 1.49. The molecule has 0 saturated carbocycles. The van der Waals surface area contributed by atoms with Gasteiger partial charge in [0, 0.05) is 29.3 Å². The van der Waals surface area contributed by atoms with Gasteiger partial charge in [0.25, 0.3) is 0 Å². The van der Waals surface area contributed by atoms with Gasteiger partial charge in [-0.3, -0.25) is 4.98 Å². The highest BCUT2D eigenvalue weighted by Crippen LogP contribution is 2.21. The molecule has 2 aromatic heterocycles. The Balaban J connectivity index is 2.60. The van der Waals surface area contributed by atoms with Gasteiger partial charge in [-0.25, -0.2) is 0 Å². The van der Waals surface area contributed by atoms with E-state index in [0.29, 0.717) is 0 Å². The maximum absolute atomic E-state index is 5.94. The van der Waals surface area contributed by atoms with Crippen molar-refractivity contribution in [2.75, 3.05) is 0 Å². The highest BCUT2D eigenvalue weighted by Gasteiger charge is 2.09. The molecule has 2 aromatic rings. The van der Waals surface area contributed by atoms with E-state index in [4.69, 9.17) is 5.73 Å². The van der Waals surface area contributed by atoms with Gasteiger partial charge in [0.1, 0.15) is 0 Å². The molecule has 3 heteroatoms. The molecule has 0 spiro atoms. The zero-order chi connectivity index (χ0) is 9.26. The smallest absolute Gasteiger partial charge is 0.0664 e. The van der Waals surface area contributed by atoms with E-state index in [1.54, 1.807) is 6.20 Å². The number of H-pyrrole nitrogens is 1. The lowest BCUT2D eigenvalue weighted by molar-refractivity contribution is 0.682. The van der Waals surface area contributed by atoms with Gasteiger partial charge in [0.05, 0.1) is 5.69 Å². The highest BCUT2D eigenvalue weighted by molar-refractivity contribution is 5.81. The van der Waals surface area contributed by atoms with E-state index in [1.807, 2.05) is 18.3 Å². The lowest BCUT2D eigenvalue weighted by atomic mass is 10.1. The van der Waals surface area contributed by atoms with Crippen molar-refractivity contribution >= 4 is 10.9 Å². The molecule has 68 valence electrons. The Bertz CT molecular complexity index is 405. The molecule has 0 aromatic carbocycles. The molecule has 0 aliphatic rings. The van der Waals surface area contributed by atoms with E-state index in [9.17, 15) is 0 Å². The summed E-state index contributed by atoms with van der Waals surface area (Å²) in [5.41, 5.74) is 8.04. The van der Waals surface area contributed by atoms with Crippen molar-refractivity contribution in [1.82, 2.24) is 9.97 Å². The van der Waals surface area contributed by atoms with E-state index in [-0.39, 0.29) is 6.04 Å². The standard InChI is InChI=1S/C10H13N3/c1-2-8(11)10-7-3-5-12-9(7)4-6-13-10/h3-6,8,12H,2,11H2,1H3. The van der Waals surface area contributed by atoms with Crippen molar-refractivity contribution in [3.8, 4) is 0 Å². The summed E-state index contributed by atoms with van der Waals surface area (Å²) in [6.45, 7) is 2.07. The van der Waals surface area contributed by atoms with Crippen molar-refractivity contribution < 1.29 is 0 Å². The van der Waals surface area contributed by atoms with Crippen LogP contribution in [0.25, 0.3) is 10.9 Å². The minimum absolute atomic E-state index is 0.0412. The van der Waals surface area contributed by atoms with Gasteiger partial charge in [-0.1, -0.05) is 6.92 Å². The van der Waals surface area contributed by atoms with E-state index in [1.165, 1.54) is 0 Å². The van der Waals surface area contributed by atoms with Crippen molar-refractivity contribution in [2.24, 2.45) is 5.73 Å². The minimum Gasteiger partial charge on any atom is -0.361 e. The first-order valence-electron chi connectivity index (χ1n) is 4.50. The normalized spacial score (nSPS) is 13.4. The van der Waals surface area contributed by atoms with Crippen LogP contribution in [0.1, 0.15) is 25.1 Å². The zero-order valence-corrected chi connectivity index (χ0v) is 7.62. The fourth-order valence-electron chi connectivity index (χ4n) is 1.49. The second kappa shape index (κ2) is 3.18. The van der Waals surface area contributed by atoms with Crippen LogP contribution in [-0.2, 0) is 0 Å². The third-order valence-electron chi connectivity index (χ3n) is 2.30. The Morgan fingerprint density at radius 2 is 2.38 bits per heavy atom. The molecule has 0 fully saturated rings. The summed E-state index contributed by atoms with van der Waals surface area (Å²) in [4.78, 5) is 7.45. The van der Waals surface area contributed by atoms with Crippen molar-refractivity contribution in [3.05, 3.63) is 30.2 Å². The lowest BCUT2D eigenvalue weighted by Crippen LogP contribution is -2.10. The summed E-state index contributed by atoms with van der Waals surface area (Å²) < 4.78 is 0. The molecule has 2 rings (SSSR count). The van der Waals surface area contributed by atoms with Crippen LogP contribution in [0.15, 0.2) is 24.5 Å². The first-order valence-corrected chi connectivity index (χ1v) is 4.50. The van der Waals surface area contributed by atoms with Crippen LogP contribution in [0.4, 0.5) is 0 Å². The second-order valence-electron chi connectivity index (χ2n) is 3.15. The molecule has 0 aliphatic carbocycles. The number of pyridine rings is 1. The molecule has 0 saturated heterocycles. The van der Waals surface area contributed by atoms with Crippen LogP contribution in [0.5, 0.6) is 0 Å². The second-order valence-corrected chi connectivity index (χ2v) is 3.15. The Kier molecular flexibility index (Phi) is 2.02. The van der Waals surface area contributed by atoms with Crippen molar-refractivity contribution in [3.63, 3.8) is 0 Å². The quantitative estimate of drug-likeness (QED) is 0.733. The van der Waals surface area contributed by atoms with Gasteiger partial charge in [0.2, 0.25) is 0 Å². The Labute approximate surface area is 77.0 Å². The number of rotatable bonds is 2. The maximum Gasteiger partial charge on any atom is 0.0664 e. The average Bonchev–Trinajstić information content (AvgIpc) is 2.63. The monoisotopic (exact) mass is 175 g/mol. The number of fused-ring (bicyclic) bond motifs is 1. The summed E-state index contributed by atoms with van der Waals surface area (Å²) in [5.74, 6) is 0. The van der Waals surface area contributed by atoms with Crippen molar-refractivity contribution in [2.45, 2.75) is 19.4 Å². The Morgan fingerprint density at radius 3 is 3.15 bits per heavy atom. The minimum atomic E-state index is 0.0412. The third kappa shape index (κ3) is 1.31. The van der Waals surface area contributed by atoms with E-state index in [2.05, 4.69) is 16.9 Å². The highest BCUT2D eigenvalue weighted by atomic mass is 14.8. The van der Waals surface area contributed by atoms with Crippen LogP contribution in [0, 0.1) is 0 Å². The molecular weight excluding hydrogens is 162 g/mol. The molecule has 13 heavy (non-hydrogen) atoms. The number of nitrogens with one attached hydrogen (secondary N) is 1. The molecular formula is C10H13N3. The van der Waals surface area contributed by atoms with E-state index >= 15 is 0 Å². The van der Waals surface area contributed by atoms with Crippen LogP contribution >= 0.6 is 0 Å². The molecule has 3 nitrogen and oxygen atoms in total. The summed E-state index contributed by atoms with van der Waals surface area (Å²) in [5, 5.41) is 1.14. The largest absolute Gasteiger partial charge is 0.361 e. The van der Waals surface area contributed by atoms with Crippen LogP contribution < -0.4 is 5.73 Å². The summed E-state index contributed by atoms with van der Waals surface area (Å²) in [6.07, 6.45) is 4.62. The van der Waals surface area contributed by atoms with Gasteiger partial charge in [-0.2, -0.15) is 0 Å². The summed E-state index contributed by atoms with van der Waals surface area (Å²) in [6, 6.07) is 4.02. The predicted molar refractivity (Wildman–Crippen MR) is 53.3 cm³/mol. The Hall–Kier alpha value is -1.35. The fraction of sp³-hybridized carbons (Fsp3) is 0.300.